The van der Waals surface area contributed by atoms with Gasteiger partial charge in [-0.05, 0) is 53.5 Å². The summed E-state index contributed by atoms with van der Waals surface area (Å²) in [5, 5.41) is -0.216. The number of primary amides is 1. The van der Waals surface area contributed by atoms with E-state index in [1.54, 1.807) is 40.7 Å². The molecule has 0 aliphatic heterocycles. The minimum absolute atomic E-state index is 0.0236. The number of anilines is 2. The van der Waals surface area contributed by atoms with E-state index in [0.717, 1.165) is 4.90 Å². The third-order valence-corrected chi connectivity index (χ3v) is 6.29. The summed E-state index contributed by atoms with van der Waals surface area (Å²) in [4.78, 5) is 50.1. The van der Waals surface area contributed by atoms with Crippen LogP contribution in [0.15, 0.2) is 18.3 Å². The number of halogens is 2. The summed E-state index contributed by atoms with van der Waals surface area (Å²) >= 11 is 13.2. The molecule has 0 radical (unpaired) electrons. The van der Waals surface area contributed by atoms with E-state index in [2.05, 4.69) is 9.97 Å². The Morgan fingerprint density at radius 1 is 1.02 bits per heavy atom. The first kappa shape index (κ1) is 31.0. The summed E-state index contributed by atoms with van der Waals surface area (Å²) in [6.07, 6.45) is 0.964. The van der Waals surface area contributed by atoms with Crippen molar-refractivity contribution in [2.24, 2.45) is 5.73 Å². The second-order valence-corrected chi connectivity index (χ2v) is 11.4. The number of rotatable bonds is 8. The Bertz CT molecular complexity index is 1270. The van der Waals surface area contributed by atoms with Crippen LogP contribution in [0.4, 0.5) is 26.0 Å². The fourth-order valence-electron chi connectivity index (χ4n) is 3.83. The first-order chi connectivity index (χ1) is 18.6. The summed E-state index contributed by atoms with van der Waals surface area (Å²) in [5.74, 6) is 0.259. The minimum atomic E-state index is -1.03. The van der Waals surface area contributed by atoms with Crippen LogP contribution in [0.2, 0.25) is 10.0 Å². The second-order valence-electron chi connectivity index (χ2n) is 10.7. The smallest absolute Gasteiger partial charge is 0.423 e. The number of nitrogens with zero attached hydrogens (tertiary/aromatic N) is 4. The number of nitrogens with two attached hydrogens (primary N) is 1. The van der Waals surface area contributed by atoms with Crippen LogP contribution < -0.4 is 25.0 Å². The van der Waals surface area contributed by atoms with E-state index in [1.807, 2.05) is 0 Å². The van der Waals surface area contributed by atoms with Gasteiger partial charge in [0, 0.05) is 30.4 Å². The Labute approximate surface area is 242 Å². The topological polar surface area (TPSA) is 146 Å². The molecule has 0 bridgehead atoms. The highest BCUT2D eigenvalue weighted by Crippen LogP contribution is 2.47. The van der Waals surface area contributed by atoms with Gasteiger partial charge in [-0.15, -0.1) is 0 Å². The molecule has 1 heterocycles. The van der Waals surface area contributed by atoms with E-state index in [9.17, 15) is 14.4 Å². The van der Waals surface area contributed by atoms with Crippen molar-refractivity contribution < 1.29 is 33.3 Å². The number of hydrogen-bond acceptors (Lipinski definition) is 9. The molecule has 4 amide bonds. The summed E-state index contributed by atoms with van der Waals surface area (Å²) in [6, 6.07) is 1.90. The Morgan fingerprint density at radius 2 is 1.60 bits per heavy atom. The first-order valence-corrected chi connectivity index (χ1v) is 13.1. The Morgan fingerprint density at radius 3 is 2.08 bits per heavy atom. The largest absolute Gasteiger partial charge is 0.495 e. The van der Waals surface area contributed by atoms with Crippen LogP contribution >= 0.6 is 23.2 Å². The molecular formula is C26H33Cl2N5O7. The van der Waals surface area contributed by atoms with Crippen molar-refractivity contribution in [2.75, 3.05) is 24.0 Å². The van der Waals surface area contributed by atoms with Gasteiger partial charge in [-0.1, -0.05) is 23.2 Å². The molecular weight excluding hydrogens is 565 g/mol. The highest BCUT2D eigenvalue weighted by atomic mass is 35.5. The fourth-order valence-corrected chi connectivity index (χ4v) is 4.50. The molecule has 0 spiro atoms. The van der Waals surface area contributed by atoms with E-state index in [0.29, 0.717) is 18.5 Å². The molecule has 2 aromatic rings. The van der Waals surface area contributed by atoms with E-state index >= 15 is 0 Å². The average molecular weight is 598 g/mol. The highest BCUT2D eigenvalue weighted by Gasteiger charge is 2.43. The van der Waals surface area contributed by atoms with Crippen molar-refractivity contribution in [1.29, 1.82) is 0 Å². The molecule has 1 aromatic carbocycles. The van der Waals surface area contributed by atoms with E-state index in [4.69, 9.17) is 47.9 Å². The third kappa shape index (κ3) is 7.36. The maximum atomic E-state index is 14.3. The normalized spacial score (nSPS) is 13.3. The molecule has 2 N–H and O–H groups in total. The third-order valence-electron chi connectivity index (χ3n) is 5.56. The molecule has 3 rings (SSSR count). The predicted octanol–water partition coefficient (Wildman–Crippen LogP) is 5.75. The van der Waals surface area contributed by atoms with Crippen LogP contribution in [0.1, 0.15) is 53.2 Å². The lowest BCUT2D eigenvalue weighted by atomic mass is 10.0. The Kier molecular flexibility index (Phi) is 9.25. The van der Waals surface area contributed by atoms with Crippen LogP contribution in [0, 0.1) is 0 Å². The van der Waals surface area contributed by atoms with Gasteiger partial charge >= 0.3 is 18.2 Å². The number of imide groups is 1. The van der Waals surface area contributed by atoms with Gasteiger partial charge in [0.25, 0.3) is 0 Å². The molecule has 0 saturated heterocycles. The zero-order valence-corrected chi connectivity index (χ0v) is 24.9. The lowest BCUT2D eigenvalue weighted by Gasteiger charge is -2.32. The molecule has 12 nitrogen and oxygen atoms in total. The number of methoxy groups -OCH3 is 2. The zero-order chi connectivity index (χ0) is 30.0. The Balaban J connectivity index is 2.14. The number of urea groups is 1. The van der Waals surface area contributed by atoms with Gasteiger partial charge in [-0.25, -0.2) is 24.4 Å². The number of aromatic nitrogens is 2. The van der Waals surface area contributed by atoms with Crippen LogP contribution in [-0.2, 0) is 15.9 Å². The SMILES string of the molecule is COc1cc(OC)c(Cl)c(N(C(=O)OC(C)(C)C)C(=O)N(c2nccc(CC(C)(C)OC(N)=O)n2)C2CC2)c1Cl. The number of carbonyl (C=O) groups is 3. The van der Waals surface area contributed by atoms with Gasteiger partial charge in [0.15, 0.2) is 0 Å². The molecule has 218 valence electrons. The number of benzene rings is 1. The van der Waals surface area contributed by atoms with Gasteiger partial charge in [-0.3, -0.25) is 4.90 Å². The van der Waals surface area contributed by atoms with Gasteiger partial charge in [0.2, 0.25) is 5.95 Å². The van der Waals surface area contributed by atoms with Crippen LogP contribution in [0.3, 0.4) is 0 Å². The van der Waals surface area contributed by atoms with Gasteiger partial charge in [0.1, 0.15) is 38.4 Å². The fraction of sp³-hybridized carbons (Fsp3) is 0.500. The summed E-state index contributed by atoms with van der Waals surface area (Å²) < 4.78 is 21.4. The van der Waals surface area contributed by atoms with Crippen LogP contribution in [-0.4, -0.2) is 59.6 Å². The molecule has 1 aliphatic rings. The molecule has 1 saturated carbocycles. The molecule has 1 aromatic heterocycles. The van der Waals surface area contributed by atoms with E-state index < -0.39 is 29.4 Å². The number of hydrogen-bond donors (Lipinski definition) is 1. The van der Waals surface area contributed by atoms with Crippen molar-refractivity contribution in [3.8, 4) is 11.5 Å². The van der Waals surface area contributed by atoms with Crippen LogP contribution in [0.25, 0.3) is 0 Å². The van der Waals surface area contributed by atoms with Crippen molar-refractivity contribution in [1.82, 2.24) is 9.97 Å². The molecule has 40 heavy (non-hydrogen) atoms. The zero-order valence-electron chi connectivity index (χ0n) is 23.4. The predicted molar refractivity (Wildman–Crippen MR) is 150 cm³/mol. The van der Waals surface area contributed by atoms with E-state index in [1.165, 1.54) is 31.4 Å². The maximum absolute atomic E-state index is 14.3. The van der Waals surface area contributed by atoms with E-state index in [-0.39, 0.29) is 45.6 Å². The van der Waals surface area contributed by atoms with Gasteiger partial charge < -0.3 is 24.7 Å². The molecule has 1 fully saturated rings. The summed E-state index contributed by atoms with van der Waals surface area (Å²) in [6.45, 7) is 8.32. The summed E-state index contributed by atoms with van der Waals surface area (Å²) in [5.41, 5.74) is 3.53. The van der Waals surface area contributed by atoms with Crippen molar-refractivity contribution >= 4 is 53.1 Å². The van der Waals surface area contributed by atoms with Crippen molar-refractivity contribution in [3.05, 3.63) is 34.1 Å². The number of carbonyl (C=O) groups excluding carboxylic acids is 3. The maximum Gasteiger partial charge on any atom is 0.423 e. The van der Waals surface area contributed by atoms with Crippen molar-refractivity contribution in [2.45, 2.75) is 71.1 Å². The average Bonchev–Trinajstić information content (AvgIpc) is 3.65. The first-order valence-electron chi connectivity index (χ1n) is 12.3. The minimum Gasteiger partial charge on any atom is -0.495 e. The second kappa shape index (κ2) is 11.9. The van der Waals surface area contributed by atoms with Crippen LogP contribution in [0.5, 0.6) is 11.5 Å². The molecule has 0 atom stereocenters. The number of amides is 4. The molecule has 14 heteroatoms. The van der Waals surface area contributed by atoms with Gasteiger partial charge in [0.05, 0.1) is 14.2 Å². The quantitative estimate of drug-likeness (QED) is 0.401. The lowest BCUT2D eigenvalue weighted by molar-refractivity contribution is 0.0453. The van der Waals surface area contributed by atoms with Gasteiger partial charge in [-0.2, -0.15) is 4.90 Å². The summed E-state index contributed by atoms with van der Waals surface area (Å²) in [7, 11) is 2.74. The monoisotopic (exact) mass is 597 g/mol. The molecule has 1 aliphatic carbocycles. The lowest BCUT2D eigenvalue weighted by Crippen LogP contribution is -2.50. The Hall–Kier alpha value is -3.51. The standard InChI is InChI=1S/C26H33Cl2N5O7/c1-25(2,3)40-24(36)33(20-18(27)16(37-6)12-17(38-7)19(20)28)23(35)32(15-8-9-15)22-30-11-10-14(31-22)13-26(4,5)39-21(29)34/h10-12,15H,8-9,13H2,1-7H3,(H2,29,34). The van der Waals surface area contributed by atoms with Crippen molar-refractivity contribution in [3.63, 3.8) is 0 Å². The highest BCUT2D eigenvalue weighted by molar-refractivity contribution is 6.43. The number of ether oxygens (including phenoxy) is 4. The molecule has 0 unspecified atom stereocenters.